The van der Waals surface area contributed by atoms with Gasteiger partial charge in [-0.3, -0.25) is 4.79 Å². The molecule has 2 aromatic carbocycles. The van der Waals surface area contributed by atoms with Crippen molar-refractivity contribution in [1.29, 1.82) is 0 Å². The average Bonchev–Trinajstić information content (AvgIpc) is 2.69. The summed E-state index contributed by atoms with van der Waals surface area (Å²) in [6, 6.07) is 7.92. The quantitative estimate of drug-likeness (QED) is 0.303. The topological polar surface area (TPSA) is 58.6 Å². The minimum atomic E-state index is -0.128. The van der Waals surface area contributed by atoms with Crippen LogP contribution in [0.25, 0.3) is 0 Å². The third-order valence-electron chi connectivity index (χ3n) is 5.29. The number of halogens is 2. The number of benzene rings is 2. The minimum Gasteiger partial charge on any atom is -0.507 e. The molecule has 0 spiro atoms. The molecule has 0 aliphatic carbocycles. The van der Waals surface area contributed by atoms with E-state index < -0.39 is 0 Å². The van der Waals surface area contributed by atoms with Crippen molar-refractivity contribution in [3.8, 4) is 11.5 Å². The lowest BCUT2D eigenvalue weighted by Crippen LogP contribution is -2.18. The SMILES string of the molecule is COc1cc(Br)c(NC(=O)CSCCCc2cc(C(C)(C)C)c(O)c(C(C)(C)C)c2)c(Br)c1. The lowest BCUT2D eigenvalue weighted by Gasteiger charge is -2.28. The predicted molar refractivity (Wildman–Crippen MR) is 148 cm³/mol. The molecule has 0 atom stereocenters. The first kappa shape index (κ1) is 28.1. The predicted octanol–water partition coefficient (Wildman–Crippen LogP) is 7.83. The molecule has 0 bridgehead atoms. The number of carbonyl (C=O) groups excluding carboxylic acids is 1. The number of anilines is 1. The maximum absolute atomic E-state index is 12.4. The molecule has 33 heavy (non-hydrogen) atoms. The number of methoxy groups -OCH3 is 1. The third kappa shape index (κ3) is 7.93. The summed E-state index contributed by atoms with van der Waals surface area (Å²) in [6.07, 6.45) is 1.88. The molecule has 0 aromatic heterocycles. The van der Waals surface area contributed by atoms with Crippen LogP contribution in [0.5, 0.6) is 11.5 Å². The molecule has 2 rings (SSSR count). The van der Waals surface area contributed by atoms with Gasteiger partial charge in [0, 0.05) is 8.95 Å². The summed E-state index contributed by atoms with van der Waals surface area (Å²) >= 11 is 8.59. The average molecular weight is 601 g/mol. The van der Waals surface area contributed by atoms with Crippen LogP contribution in [-0.4, -0.2) is 29.6 Å². The van der Waals surface area contributed by atoms with Gasteiger partial charge in [-0.1, -0.05) is 53.7 Å². The van der Waals surface area contributed by atoms with Gasteiger partial charge in [0.25, 0.3) is 0 Å². The summed E-state index contributed by atoms with van der Waals surface area (Å²) in [5.74, 6) is 2.36. The van der Waals surface area contributed by atoms with Gasteiger partial charge < -0.3 is 15.2 Å². The van der Waals surface area contributed by atoms with Crippen molar-refractivity contribution < 1.29 is 14.6 Å². The number of aryl methyl sites for hydroxylation is 1. The zero-order chi connectivity index (χ0) is 25.0. The van der Waals surface area contributed by atoms with Gasteiger partial charge in [0.2, 0.25) is 5.91 Å². The standard InChI is InChI=1S/C26H35Br2NO3S/c1-25(2,3)18-11-16(12-19(24(18)31)26(4,5)6)9-8-10-33-15-22(30)29-23-20(27)13-17(32-7)14-21(23)28/h11-14,31H,8-10,15H2,1-7H3,(H,29,30). The molecule has 2 aromatic rings. The van der Waals surface area contributed by atoms with Gasteiger partial charge >= 0.3 is 0 Å². The minimum absolute atomic E-state index is 0.0405. The van der Waals surface area contributed by atoms with Crippen LogP contribution in [0.15, 0.2) is 33.2 Å². The van der Waals surface area contributed by atoms with Gasteiger partial charge in [0.1, 0.15) is 11.5 Å². The molecule has 0 heterocycles. The van der Waals surface area contributed by atoms with Crippen molar-refractivity contribution in [1.82, 2.24) is 0 Å². The Hall–Kier alpha value is -1.18. The van der Waals surface area contributed by atoms with Gasteiger partial charge in [0.15, 0.2) is 0 Å². The molecule has 0 aliphatic rings. The molecule has 2 N–H and O–H groups in total. The molecular formula is C26H35Br2NO3S. The Morgan fingerprint density at radius 2 is 1.52 bits per heavy atom. The van der Waals surface area contributed by atoms with Crippen molar-refractivity contribution in [3.05, 3.63) is 49.9 Å². The molecule has 182 valence electrons. The van der Waals surface area contributed by atoms with Crippen LogP contribution >= 0.6 is 43.6 Å². The van der Waals surface area contributed by atoms with E-state index >= 15 is 0 Å². The summed E-state index contributed by atoms with van der Waals surface area (Å²) in [5.41, 5.74) is 3.67. The Labute approximate surface area is 219 Å². The van der Waals surface area contributed by atoms with E-state index in [1.54, 1.807) is 18.9 Å². The lowest BCUT2D eigenvalue weighted by molar-refractivity contribution is -0.113. The molecule has 0 unspecified atom stereocenters. The Morgan fingerprint density at radius 3 is 1.97 bits per heavy atom. The number of thioether (sulfide) groups is 1. The van der Waals surface area contributed by atoms with Crippen LogP contribution in [-0.2, 0) is 22.0 Å². The molecule has 0 saturated carbocycles. The highest BCUT2D eigenvalue weighted by atomic mass is 79.9. The number of ether oxygens (including phenoxy) is 1. The Kier molecular flexibility index (Phi) is 9.78. The number of amides is 1. The van der Waals surface area contributed by atoms with Gasteiger partial charge in [0.05, 0.1) is 18.6 Å². The fraction of sp³-hybridized carbons (Fsp3) is 0.500. The van der Waals surface area contributed by atoms with Gasteiger partial charge in [-0.2, -0.15) is 11.8 Å². The maximum Gasteiger partial charge on any atom is 0.234 e. The van der Waals surface area contributed by atoms with Crippen molar-refractivity contribution in [2.45, 2.75) is 65.2 Å². The first-order chi connectivity index (χ1) is 15.2. The fourth-order valence-electron chi connectivity index (χ4n) is 3.49. The lowest BCUT2D eigenvalue weighted by atomic mass is 9.78. The number of phenols is 1. The monoisotopic (exact) mass is 599 g/mol. The van der Waals surface area contributed by atoms with E-state index in [9.17, 15) is 9.90 Å². The van der Waals surface area contributed by atoms with Crippen LogP contribution in [0.1, 0.15) is 64.7 Å². The van der Waals surface area contributed by atoms with E-state index in [-0.39, 0.29) is 16.7 Å². The second kappa shape index (κ2) is 11.5. The smallest absolute Gasteiger partial charge is 0.234 e. The van der Waals surface area contributed by atoms with Crippen molar-refractivity contribution in [2.75, 3.05) is 23.9 Å². The number of hydrogen-bond donors (Lipinski definition) is 2. The maximum atomic E-state index is 12.4. The number of carbonyl (C=O) groups is 1. The van der Waals surface area contributed by atoms with Crippen LogP contribution in [0, 0.1) is 0 Å². The van der Waals surface area contributed by atoms with E-state index in [0.29, 0.717) is 22.9 Å². The van der Waals surface area contributed by atoms with Crippen molar-refractivity contribution >= 4 is 55.2 Å². The van der Waals surface area contributed by atoms with E-state index in [1.807, 2.05) is 12.1 Å². The normalized spacial score (nSPS) is 12.0. The number of phenolic OH excluding ortho intramolecular Hbond substituents is 1. The van der Waals surface area contributed by atoms with Gasteiger partial charge in [-0.15, -0.1) is 0 Å². The second-order valence-corrected chi connectivity index (χ2v) is 13.0. The summed E-state index contributed by atoms with van der Waals surface area (Å²) in [6.45, 7) is 12.8. The fourth-order valence-corrected chi connectivity index (χ4v) is 5.58. The molecule has 4 nitrogen and oxygen atoms in total. The number of nitrogens with one attached hydrogen (secondary N) is 1. The Balaban J connectivity index is 1.94. The van der Waals surface area contributed by atoms with Crippen molar-refractivity contribution in [3.63, 3.8) is 0 Å². The van der Waals surface area contributed by atoms with Crippen LogP contribution in [0.2, 0.25) is 0 Å². The zero-order valence-corrected chi connectivity index (χ0v) is 24.6. The Bertz CT molecular complexity index is 936. The van der Waals surface area contributed by atoms with E-state index in [4.69, 9.17) is 4.74 Å². The first-order valence-electron chi connectivity index (χ1n) is 11.0. The van der Waals surface area contributed by atoms with E-state index in [1.165, 1.54) is 5.56 Å². The van der Waals surface area contributed by atoms with Crippen LogP contribution in [0.4, 0.5) is 5.69 Å². The molecule has 1 amide bonds. The van der Waals surface area contributed by atoms with Crippen LogP contribution < -0.4 is 10.1 Å². The second-order valence-electron chi connectivity index (χ2n) is 10.2. The first-order valence-corrected chi connectivity index (χ1v) is 13.8. The van der Waals surface area contributed by atoms with E-state index in [2.05, 4.69) is 90.9 Å². The molecule has 7 heteroatoms. The third-order valence-corrected chi connectivity index (χ3v) is 7.58. The van der Waals surface area contributed by atoms with Gasteiger partial charge in [-0.05, 0) is 90.1 Å². The summed E-state index contributed by atoms with van der Waals surface area (Å²) in [7, 11) is 1.61. The molecule has 0 radical (unpaired) electrons. The highest BCUT2D eigenvalue weighted by Gasteiger charge is 2.26. The highest BCUT2D eigenvalue weighted by molar-refractivity contribution is 9.11. The summed E-state index contributed by atoms with van der Waals surface area (Å²) in [5, 5.41) is 13.8. The number of aromatic hydroxyl groups is 1. The van der Waals surface area contributed by atoms with Crippen LogP contribution in [0.3, 0.4) is 0 Å². The zero-order valence-electron chi connectivity index (χ0n) is 20.6. The number of rotatable bonds is 8. The Morgan fingerprint density at radius 1 is 1.00 bits per heavy atom. The number of hydrogen-bond acceptors (Lipinski definition) is 4. The van der Waals surface area contributed by atoms with E-state index in [0.717, 1.165) is 38.7 Å². The van der Waals surface area contributed by atoms with Crippen molar-refractivity contribution in [2.24, 2.45) is 0 Å². The molecular weight excluding hydrogens is 566 g/mol. The summed E-state index contributed by atoms with van der Waals surface area (Å²) in [4.78, 5) is 12.4. The summed E-state index contributed by atoms with van der Waals surface area (Å²) < 4.78 is 6.77. The van der Waals surface area contributed by atoms with Gasteiger partial charge in [-0.25, -0.2) is 0 Å². The molecule has 0 saturated heterocycles. The molecule has 0 fully saturated rings. The molecule has 0 aliphatic heterocycles. The highest BCUT2D eigenvalue weighted by Crippen LogP contribution is 2.40. The largest absolute Gasteiger partial charge is 0.507 e.